The highest BCUT2D eigenvalue weighted by Gasteiger charge is 2.51. The molecule has 2 fully saturated rings. The van der Waals surface area contributed by atoms with Gasteiger partial charge in [-0.1, -0.05) is 20.8 Å². The number of nitrogens with zero attached hydrogens (tertiary/aromatic N) is 1. The zero-order chi connectivity index (χ0) is 8.48. The second-order valence-corrected chi connectivity index (χ2v) is 4.07. The van der Waals surface area contributed by atoms with Crippen LogP contribution in [0.5, 0.6) is 0 Å². The maximum absolute atomic E-state index is 2.46. The number of rotatable bonds is 0. The number of hydrogen-bond acceptors (Lipinski definition) is 1. The second-order valence-electron chi connectivity index (χ2n) is 4.07. The number of fused-ring (bicyclic) bond motifs is 1. The van der Waals surface area contributed by atoms with Gasteiger partial charge in [-0.25, -0.2) is 0 Å². The topological polar surface area (TPSA) is 3.24 Å². The lowest BCUT2D eigenvalue weighted by Gasteiger charge is -2.25. The van der Waals surface area contributed by atoms with Gasteiger partial charge in [-0.15, -0.1) is 0 Å². The first-order valence-electron chi connectivity index (χ1n) is 4.89. The van der Waals surface area contributed by atoms with E-state index in [1.54, 1.807) is 0 Å². The lowest BCUT2D eigenvalue weighted by atomic mass is 9.98. The summed E-state index contributed by atoms with van der Waals surface area (Å²) in [5, 5.41) is 0. The van der Waals surface area contributed by atoms with E-state index in [1.807, 2.05) is 13.8 Å². The summed E-state index contributed by atoms with van der Waals surface area (Å²) < 4.78 is 0. The van der Waals surface area contributed by atoms with Crippen molar-refractivity contribution in [3.05, 3.63) is 0 Å². The Labute approximate surface area is 70.8 Å². The number of hydrogen-bond donors (Lipinski definition) is 0. The molecule has 1 heteroatoms. The van der Waals surface area contributed by atoms with Crippen LogP contribution >= 0.6 is 0 Å². The molecular formula is C10H21N. The van der Waals surface area contributed by atoms with Crippen LogP contribution in [0.15, 0.2) is 0 Å². The van der Waals surface area contributed by atoms with Crippen LogP contribution in [-0.4, -0.2) is 25.0 Å². The molecule has 2 unspecified atom stereocenters. The Balaban J connectivity index is 0.000000281. The molecule has 0 bridgehead atoms. The molecule has 66 valence electrons. The molecular weight excluding hydrogens is 134 g/mol. The summed E-state index contributed by atoms with van der Waals surface area (Å²) in [5.74, 6) is 1.05. The van der Waals surface area contributed by atoms with Gasteiger partial charge >= 0.3 is 0 Å². The van der Waals surface area contributed by atoms with Gasteiger partial charge in [0.1, 0.15) is 0 Å². The van der Waals surface area contributed by atoms with Crippen LogP contribution in [0, 0.1) is 11.3 Å². The van der Waals surface area contributed by atoms with Gasteiger partial charge in [-0.3, -0.25) is 0 Å². The van der Waals surface area contributed by atoms with Crippen LogP contribution in [0.1, 0.15) is 33.6 Å². The van der Waals surface area contributed by atoms with Crippen LogP contribution in [0.3, 0.4) is 0 Å². The molecule has 0 aromatic heterocycles. The minimum Gasteiger partial charge on any atom is -0.306 e. The monoisotopic (exact) mass is 155 g/mol. The summed E-state index contributed by atoms with van der Waals surface area (Å²) in [7, 11) is 2.23. The molecule has 0 amide bonds. The van der Waals surface area contributed by atoms with Crippen molar-refractivity contribution in [1.82, 2.24) is 4.90 Å². The summed E-state index contributed by atoms with van der Waals surface area (Å²) >= 11 is 0. The van der Waals surface area contributed by atoms with Gasteiger partial charge in [-0.05, 0) is 37.8 Å². The van der Waals surface area contributed by atoms with E-state index in [-0.39, 0.29) is 0 Å². The van der Waals surface area contributed by atoms with Crippen LogP contribution in [-0.2, 0) is 0 Å². The highest BCUT2D eigenvalue weighted by molar-refractivity contribution is 5.02. The van der Waals surface area contributed by atoms with E-state index in [2.05, 4.69) is 18.9 Å². The fourth-order valence-corrected chi connectivity index (χ4v) is 2.01. The third-order valence-corrected chi connectivity index (χ3v) is 3.13. The van der Waals surface area contributed by atoms with E-state index >= 15 is 0 Å². The van der Waals surface area contributed by atoms with Gasteiger partial charge in [-0.2, -0.15) is 0 Å². The van der Waals surface area contributed by atoms with E-state index in [1.165, 1.54) is 25.9 Å². The van der Waals surface area contributed by atoms with E-state index in [9.17, 15) is 0 Å². The van der Waals surface area contributed by atoms with E-state index in [0.29, 0.717) is 0 Å². The summed E-state index contributed by atoms with van der Waals surface area (Å²) in [4.78, 5) is 2.46. The molecule has 2 rings (SSSR count). The first kappa shape index (κ1) is 9.05. The largest absolute Gasteiger partial charge is 0.306 e. The molecule has 0 aromatic rings. The third-order valence-electron chi connectivity index (χ3n) is 3.13. The average Bonchev–Trinajstić information content (AvgIpc) is 2.65. The van der Waals surface area contributed by atoms with E-state index in [0.717, 1.165) is 11.3 Å². The van der Waals surface area contributed by atoms with E-state index in [4.69, 9.17) is 0 Å². The Morgan fingerprint density at radius 1 is 1.36 bits per heavy atom. The van der Waals surface area contributed by atoms with Gasteiger partial charge in [0.15, 0.2) is 0 Å². The van der Waals surface area contributed by atoms with Crippen LogP contribution in [0.25, 0.3) is 0 Å². The minimum atomic E-state index is 0.784. The Morgan fingerprint density at radius 3 is 2.45 bits per heavy atom. The molecule has 1 aliphatic carbocycles. The Bertz CT molecular complexity index is 133. The molecule has 0 aromatic carbocycles. The molecule has 2 atom stereocenters. The Morgan fingerprint density at radius 2 is 2.00 bits per heavy atom. The average molecular weight is 155 g/mol. The normalized spacial score (nSPS) is 42.0. The first-order chi connectivity index (χ1) is 5.21. The summed E-state index contributed by atoms with van der Waals surface area (Å²) in [6.07, 6.45) is 2.94. The lowest BCUT2D eigenvalue weighted by Crippen LogP contribution is -2.30. The zero-order valence-electron chi connectivity index (χ0n) is 8.35. The first-order valence-corrected chi connectivity index (χ1v) is 4.89. The van der Waals surface area contributed by atoms with Crippen LogP contribution in [0.2, 0.25) is 0 Å². The van der Waals surface area contributed by atoms with E-state index < -0.39 is 0 Å². The molecule has 1 aliphatic heterocycles. The standard InChI is InChI=1S/C8H15N.C2H6/c1-8-3-4-9(2)6-7(8)5-8;1-2/h7H,3-6H2,1-2H3;1-2H3. The van der Waals surface area contributed by atoms with Crippen molar-refractivity contribution in [1.29, 1.82) is 0 Å². The van der Waals surface area contributed by atoms with Gasteiger partial charge < -0.3 is 4.90 Å². The van der Waals surface area contributed by atoms with Crippen LogP contribution in [0.4, 0.5) is 0 Å². The SMILES string of the molecule is CC.CN1CCC2(C)CC2C1. The maximum Gasteiger partial charge on any atom is 0.00120 e. The molecule has 11 heavy (non-hydrogen) atoms. The Kier molecular flexibility index (Phi) is 2.58. The van der Waals surface area contributed by atoms with Gasteiger partial charge in [0.2, 0.25) is 0 Å². The predicted octanol–water partition coefficient (Wildman–Crippen LogP) is 2.37. The number of likely N-dealkylation sites (tertiary alicyclic amines) is 1. The summed E-state index contributed by atoms with van der Waals surface area (Å²) in [6.45, 7) is 9.12. The highest BCUT2D eigenvalue weighted by Crippen LogP contribution is 2.56. The summed E-state index contributed by atoms with van der Waals surface area (Å²) in [5.41, 5.74) is 0.784. The minimum absolute atomic E-state index is 0.784. The molecule has 1 nitrogen and oxygen atoms in total. The van der Waals surface area contributed by atoms with Crippen molar-refractivity contribution in [3.63, 3.8) is 0 Å². The van der Waals surface area contributed by atoms with Gasteiger partial charge in [0.05, 0.1) is 0 Å². The quantitative estimate of drug-likeness (QED) is 0.519. The van der Waals surface area contributed by atoms with Crippen molar-refractivity contribution in [3.8, 4) is 0 Å². The van der Waals surface area contributed by atoms with Crippen molar-refractivity contribution in [2.24, 2.45) is 11.3 Å². The van der Waals surface area contributed by atoms with Crippen molar-refractivity contribution in [2.75, 3.05) is 20.1 Å². The summed E-state index contributed by atoms with van der Waals surface area (Å²) in [6, 6.07) is 0. The fourth-order valence-electron chi connectivity index (χ4n) is 2.01. The maximum atomic E-state index is 2.46. The molecule has 0 N–H and O–H groups in total. The molecule has 0 radical (unpaired) electrons. The molecule has 0 spiro atoms. The second kappa shape index (κ2) is 3.14. The molecule has 1 heterocycles. The zero-order valence-corrected chi connectivity index (χ0v) is 8.35. The number of piperidine rings is 1. The Hall–Kier alpha value is -0.0400. The fraction of sp³-hybridized carbons (Fsp3) is 1.00. The van der Waals surface area contributed by atoms with Crippen molar-refractivity contribution >= 4 is 0 Å². The molecule has 2 aliphatic rings. The molecule has 1 saturated carbocycles. The predicted molar refractivity (Wildman–Crippen MR) is 49.7 cm³/mol. The smallest absolute Gasteiger partial charge is 0.00120 e. The lowest BCUT2D eigenvalue weighted by molar-refractivity contribution is 0.222. The van der Waals surface area contributed by atoms with Crippen LogP contribution < -0.4 is 0 Å². The van der Waals surface area contributed by atoms with Gasteiger partial charge in [0.25, 0.3) is 0 Å². The third kappa shape index (κ3) is 1.76. The van der Waals surface area contributed by atoms with Crippen molar-refractivity contribution < 1.29 is 0 Å². The molecule has 1 saturated heterocycles. The van der Waals surface area contributed by atoms with Gasteiger partial charge in [0, 0.05) is 6.54 Å². The van der Waals surface area contributed by atoms with Crippen molar-refractivity contribution in [2.45, 2.75) is 33.6 Å². The highest BCUT2D eigenvalue weighted by atomic mass is 15.1.